The largest absolute Gasteiger partial charge is 0.300 e. The van der Waals surface area contributed by atoms with Crippen LogP contribution in [-0.2, 0) is 0 Å². The van der Waals surface area contributed by atoms with Crippen LogP contribution in [0, 0.1) is 0 Å². The molecule has 0 amide bonds. The average Bonchev–Trinajstić information content (AvgIpc) is 3.39. The predicted octanol–water partition coefficient (Wildman–Crippen LogP) is 5.10. The van der Waals surface area contributed by atoms with Crippen LogP contribution in [0.2, 0.25) is 0 Å². The van der Waals surface area contributed by atoms with Crippen LogP contribution in [0.4, 0.5) is 0 Å². The van der Waals surface area contributed by atoms with E-state index in [1.165, 1.54) is 48.2 Å². The van der Waals surface area contributed by atoms with Crippen molar-refractivity contribution < 1.29 is 4.79 Å². The van der Waals surface area contributed by atoms with Crippen molar-refractivity contribution in [2.24, 2.45) is 0 Å². The molecule has 5 rings (SSSR count). The minimum Gasteiger partial charge on any atom is -0.300 e. The first-order chi connectivity index (χ1) is 12.7. The molecular weight excluding hydrogens is 340 g/mol. The van der Waals surface area contributed by atoms with Gasteiger partial charge in [0.2, 0.25) is 5.91 Å². The van der Waals surface area contributed by atoms with Gasteiger partial charge >= 0.3 is 0 Å². The second kappa shape index (κ2) is 6.36. The molecule has 1 aromatic carbocycles. The Bertz CT molecular complexity index is 942. The van der Waals surface area contributed by atoms with Crippen molar-refractivity contribution in [1.82, 2.24) is 9.47 Å². The van der Waals surface area contributed by atoms with Gasteiger partial charge in [0.25, 0.3) is 0 Å². The lowest BCUT2D eigenvalue weighted by atomic mass is 9.75. The van der Waals surface area contributed by atoms with Crippen LogP contribution >= 0.6 is 11.3 Å². The van der Waals surface area contributed by atoms with Crippen LogP contribution in [0.25, 0.3) is 10.9 Å². The Labute approximate surface area is 158 Å². The Hall–Kier alpha value is -1.91. The molecule has 0 aliphatic carbocycles. The number of hydrogen-bond donors (Lipinski definition) is 0. The molecule has 2 aliphatic heterocycles. The number of hydrogen-bond acceptors (Lipinski definition) is 3. The molecule has 0 saturated carbocycles. The second-order valence-corrected chi connectivity index (χ2v) is 8.65. The molecule has 2 fully saturated rings. The van der Waals surface area contributed by atoms with Crippen LogP contribution in [0.5, 0.6) is 0 Å². The van der Waals surface area contributed by atoms with E-state index < -0.39 is 0 Å². The van der Waals surface area contributed by atoms with Crippen LogP contribution in [0.15, 0.2) is 48.0 Å². The summed E-state index contributed by atoms with van der Waals surface area (Å²) in [5, 5.41) is 3.46. The number of piperidine rings is 1. The zero-order chi connectivity index (χ0) is 17.7. The molecule has 0 bridgehead atoms. The van der Waals surface area contributed by atoms with E-state index in [0.717, 1.165) is 5.52 Å². The summed E-state index contributed by atoms with van der Waals surface area (Å²) < 4.78 is 1.84. The minimum absolute atomic E-state index is 0.0958. The van der Waals surface area contributed by atoms with E-state index in [1.54, 1.807) is 6.92 Å². The summed E-state index contributed by atoms with van der Waals surface area (Å²) in [6.07, 6.45) is 5.91. The number of rotatable bonds is 2. The number of thiophene rings is 1. The summed E-state index contributed by atoms with van der Waals surface area (Å²) in [6.45, 7) is 4.08. The van der Waals surface area contributed by atoms with E-state index in [9.17, 15) is 4.79 Å². The smallest absolute Gasteiger partial charge is 0.227 e. The molecule has 3 atom stereocenters. The molecule has 26 heavy (non-hydrogen) atoms. The fourth-order valence-corrected chi connectivity index (χ4v) is 6.22. The Morgan fingerprint density at radius 1 is 1.12 bits per heavy atom. The van der Waals surface area contributed by atoms with Crippen LogP contribution in [-0.4, -0.2) is 34.5 Å². The molecule has 0 unspecified atom stereocenters. The van der Waals surface area contributed by atoms with Gasteiger partial charge in [-0.05, 0) is 61.3 Å². The second-order valence-electron chi connectivity index (χ2n) is 7.67. The van der Waals surface area contributed by atoms with Crippen molar-refractivity contribution >= 4 is 28.1 Å². The Morgan fingerprint density at radius 2 is 2.00 bits per heavy atom. The molecule has 3 aromatic rings. The number of carbonyl (C=O) groups excluding carboxylic acids is 1. The fraction of sp³-hybridized carbons (Fsp3) is 0.409. The highest BCUT2D eigenvalue weighted by molar-refractivity contribution is 7.10. The Balaban J connectivity index is 1.66. The first-order valence-corrected chi connectivity index (χ1v) is 10.5. The zero-order valence-electron chi connectivity index (χ0n) is 15.1. The van der Waals surface area contributed by atoms with Crippen molar-refractivity contribution in [3.05, 3.63) is 58.4 Å². The molecule has 0 radical (unpaired) electrons. The van der Waals surface area contributed by atoms with Gasteiger partial charge < -0.3 is 0 Å². The highest BCUT2D eigenvalue weighted by Crippen LogP contribution is 2.49. The lowest BCUT2D eigenvalue weighted by Gasteiger charge is -2.42. The van der Waals surface area contributed by atoms with Gasteiger partial charge in [-0.25, -0.2) is 0 Å². The Kier molecular flexibility index (Phi) is 3.98. The molecule has 0 N–H and O–H groups in total. The SMILES string of the molecule is CC(=O)n1cc([C@@H]2CCN3CCC[C@H]3[C@H]2c2cccs2)c2ccccc21. The number of benzene rings is 1. The van der Waals surface area contributed by atoms with Gasteiger partial charge in [0, 0.05) is 35.3 Å². The van der Waals surface area contributed by atoms with Crippen LogP contribution in [0.1, 0.15) is 53.3 Å². The van der Waals surface area contributed by atoms with E-state index >= 15 is 0 Å². The lowest BCUT2D eigenvalue weighted by Crippen LogP contribution is -2.42. The molecule has 4 heterocycles. The summed E-state index contributed by atoms with van der Waals surface area (Å²) in [5.41, 5.74) is 2.41. The first kappa shape index (κ1) is 16.3. The molecule has 3 nitrogen and oxygen atoms in total. The van der Waals surface area contributed by atoms with Gasteiger partial charge in [0.05, 0.1) is 5.52 Å². The van der Waals surface area contributed by atoms with Gasteiger partial charge in [0.15, 0.2) is 0 Å². The highest BCUT2D eigenvalue weighted by Gasteiger charge is 2.42. The zero-order valence-corrected chi connectivity index (χ0v) is 15.9. The third-order valence-corrected chi connectivity index (χ3v) is 7.32. The molecular formula is C22H24N2OS. The Morgan fingerprint density at radius 3 is 2.81 bits per heavy atom. The minimum atomic E-state index is 0.0958. The van der Waals surface area contributed by atoms with E-state index in [1.807, 2.05) is 22.0 Å². The number of aromatic nitrogens is 1. The van der Waals surface area contributed by atoms with Crippen molar-refractivity contribution in [3.63, 3.8) is 0 Å². The summed E-state index contributed by atoms with van der Waals surface area (Å²) in [6, 6.07) is 13.5. The maximum Gasteiger partial charge on any atom is 0.227 e. The quantitative estimate of drug-likeness (QED) is 0.632. The molecule has 2 aromatic heterocycles. The van der Waals surface area contributed by atoms with Gasteiger partial charge in [0.1, 0.15) is 0 Å². The summed E-state index contributed by atoms with van der Waals surface area (Å²) in [4.78, 5) is 16.4. The van der Waals surface area contributed by atoms with Crippen LogP contribution < -0.4 is 0 Å². The predicted molar refractivity (Wildman–Crippen MR) is 107 cm³/mol. The van der Waals surface area contributed by atoms with Crippen molar-refractivity contribution in [1.29, 1.82) is 0 Å². The summed E-state index contributed by atoms with van der Waals surface area (Å²) >= 11 is 1.89. The van der Waals surface area contributed by atoms with E-state index in [4.69, 9.17) is 0 Å². The summed E-state index contributed by atoms with van der Waals surface area (Å²) in [7, 11) is 0. The number of carbonyl (C=O) groups is 1. The van der Waals surface area contributed by atoms with Gasteiger partial charge in [-0.2, -0.15) is 0 Å². The maximum atomic E-state index is 12.2. The molecule has 2 saturated heterocycles. The van der Waals surface area contributed by atoms with Gasteiger partial charge in [-0.15, -0.1) is 11.3 Å². The van der Waals surface area contributed by atoms with Gasteiger partial charge in [-0.1, -0.05) is 24.3 Å². The lowest BCUT2D eigenvalue weighted by molar-refractivity contribution is 0.0941. The molecule has 134 valence electrons. The van der Waals surface area contributed by atoms with Crippen molar-refractivity contribution in [2.45, 2.75) is 44.1 Å². The standard InChI is InChI=1S/C22H24N2OS/c1-15(25)24-14-18(16-6-2-3-7-19(16)24)17-10-12-23-11-4-8-20(23)22(17)21-9-5-13-26-21/h2-3,5-7,9,13-14,17,20,22H,4,8,10-12H2,1H3/t17-,20-,22-/m0/s1. The molecule has 2 aliphatic rings. The van der Waals surface area contributed by atoms with Crippen molar-refractivity contribution in [3.8, 4) is 0 Å². The fourth-order valence-electron chi connectivity index (χ4n) is 5.27. The van der Waals surface area contributed by atoms with Gasteiger partial charge in [-0.3, -0.25) is 14.3 Å². The third-order valence-electron chi connectivity index (χ3n) is 6.34. The topological polar surface area (TPSA) is 25.2 Å². The normalized spacial score (nSPS) is 26.3. The number of fused-ring (bicyclic) bond motifs is 2. The third kappa shape index (κ3) is 2.47. The summed E-state index contributed by atoms with van der Waals surface area (Å²) in [5.74, 6) is 1.12. The van der Waals surface area contributed by atoms with Crippen LogP contribution in [0.3, 0.4) is 0 Å². The highest BCUT2D eigenvalue weighted by atomic mass is 32.1. The first-order valence-electron chi connectivity index (χ1n) is 9.62. The number of nitrogens with zero attached hydrogens (tertiary/aromatic N) is 2. The molecule has 0 spiro atoms. The van der Waals surface area contributed by atoms with E-state index in [-0.39, 0.29) is 5.91 Å². The van der Waals surface area contributed by atoms with E-state index in [0.29, 0.717) is 17.9 Å². The van der Waals surface area contributed by atoms with Crippen molar-refractivity contribution in [2.75, 3.05) is 13.1 Å². The monoisotopic (exact) mass is 364 g/mol. The van der Waals surface area contributed by atoms with E-state index in [2.05, 4.69) is 46.8 Å². The maximum absolute atomic E-state index is 12.2. The molecule has 4 heteroatoms. The average molecular weight is 365 g/mol. The number of para-hydroxylation sites is 1.